The predicted octanol–water partition coefficient (Wildman–Crippen LogP) is 2.74. The van der Waals surface area contributed by atoms with E-state index in [-0.39, 0.29) is 17.4 Å². The first-order valence-electron chi connectivity index (χ1n) is 6.45. The molecule has 0 unspecified atom stereocenters. The average molecular weight is 269 g/mol. The van der Waals surface area contributed by atoms with Gasteiger partial charge in [0, 0.05) is 0 Å². The molecule has 0 saturated heterocycles. The minimum atomic E-state index is -0.567. The van der Waals surface area contributed by atoms with Gasteiger partial charge in [-0.1, -0.05) is 26.7 Å². The normalized spacial score (nSPS) is 10.2. The van der Waals surface area contributed by atoms with Gasteiger partial charge in [-0.15, -0.1) is 0 Å². The third-order valence-corrected chi connectivity index (χ3v) is 2.41. The summed E-state index contributed by atoms with van der Waals surface area (Å²) in [6.07, 6.45) is 4.73. The fourth-order valence-corrected chi connectivity index (χ4v) is 1.34. The number of hydrogen-bond acceptors (Lipinski definition) is 6. The molecule has 0 N–H and O–H groups in total. The van der Waals surface area contributed by atoms with Crippen molar-refractivity contribution in [2.75, 3.05) is 13.2 Å². The van der Waals surface area contributed by atoms with Gasteiger partial charge in [-0.05, 0) is 12.8 Å². The van der Waals surface area contributed by atoms with Crippen LogP contribution in [0.15, 0.2) is 6.33 Å². The lowest BCUT2D eigenvalue weighted by molar-refractivity contribution is -0.387. The summed E-state index contributed by atoms with van der Waals surface area (Å²) in [5.74, 6) is -0.0557. The van der Waals surface area contributed by atoms with Crippen LogP contribution in [0, 0.1) is 10.1 Å². The highest BCUT2D eigenvalue weighted by atomic mass is 16.6. The fourth-order valence-electron chi connectivity index (χ4n) is 1.34. The summed E-state index contributed by atoms with van der Waals surface area (Å²) in [6, 6.07) is 0. The number of nitrogens with zero attached hydrogens (tertiary/aromatic N) is 3. The van der Waals surface area contributed by atoms with E-state index >= 15 is 0 Å². The Kier molecular flexibility index (Phi) is 6.56. The van der Waals surface area contributed by atoms with E-state index in [0.29, 0.717) is 13.2 Å². The minimum absolute atomic E-state index is 0.0278. The second-order valence-corrected chi connectivity index (χ2v) is 3.99. The van der Waals surface area contributed by atoms with E-state index in [4.69, 9.17) is 9.47 Å². The van der Waals surface area contributed by atoms with E-state index < -0.39 is 4.92 Å². The molecule has 106 valence electrons. The second-order valence-electron chi connectivity index (χ2n) is 3.99. The van der Waals surface area contributed by atoms with Crippen LogP contribution >= 0.6 is 0 Å². The third kappa shape index (κ3) is 4.69. The molecule has 7 nitrogen and oxygen atoms in total. The number of rotatable bonds is 9. The van der Waals surface area contributed by atoms with E-state index in [9.17, 15) is 10.1 Å². The molecule has 0 aliphatic heterocycles. The Morgan fingerprint density at radius 3 is 1.95 bits per heavy atom. The maximum Gasteiger partial charge on any atom is 0.392 e. The van der Waals surface area contributed by atoms with Crippen molar-refractivity contribution in [3.8, 4) is 11.8 Å². The summed E-state index contributed by atoms with van der Waals surface area (Å²) < 4.78 is 10.6. The highest BCUT2D eigenvalue weighted by Crippen LogP contribution is 2.32. The first kappa shape index (κ1) is 15.1. The smallest absolute Gasteiger partial charge is 0.392 e. The predicted molar refractivity (Wildman–Crippen MR) is 69.5 cm³/mol. The van der Waals surface area contributed by atoms with E-state index in [0.717, 1.165) is 25.7 Å². The molecule has 0 aromatic carbocycles. The Morgan fingerprint density at radius 1 is 1.11 bits per heavy atom. The largest absolute Gasteiger partial charge is 0.473 e. The van der Waals surface area contributed by atoms with Crippen LogP contribution in [0.2, 0.25) is 0 Å². The Hall–Kier alpha value is -1.92. The molecule has 1 heterocycles. The van der Waals surface area contributed by atoms with E-state index in [1.165, 1.54) is 6.33 Å². The van der Waals surface area contributed by atoms with Crippen molar-refractivity contribution in [1.29, 1.82) is 0 Å². The van der Waals surface area contributed by atoms with Crippen LogP contribution in [0.3, 0.4) is 0 Å². The van der Waals surface area contributed by atoms with Crippen molar-refractivity contribution in [2.45, 2.75) is 39.5 Å². The standard InChI is InChI=1S/C12H19N3O4/c1-3-5-7-18-11-10(15(16)17)12(14-9-13-11)19-8-6-4-2/h9H,3-8H2,1-2H3. The van der Waals surface area contributed by atoms with Gasteiger partial charge in [0.2, 0.25) is 0 Å². The zero-order valence-electron chi connectivity index (χ0n) is 11.3. The minimum Gasteiger partial charge on any atom is -0.473 e. The lowest BCUT2D eigenvalue weighted by atomic mass is 10.3. The molecule has 0 amide bonds. The summed E-state index contributed by atoms with van der Waals surface area (Å²) >= 11 is 0. The van der Waals surface area contributed by atoms with Gasteiger partial charge in [-0.25, -0.2) is 0 Å². The highest BCUT2D eigenvalue weighted by molar-refractivity contribution is 5.49. The number of aromatic nitrogens is 2. The molecular weight excluding hydrogens is 250 g/mol. The quantitative estimate of drug-likeness (QED) is 0.389. The molecule has 1 rings (SSSR count). The van der Waals surface area contributed by atoms with Crippen LogP contribution in [-0.4, -0.2) is 28.1 Å². The lowest BCUT2D eigenvalue weighted by Gasteiger charge is -2.08. The molecule has 0 fully saturated rings. The van der Waals surface area contributed by atoms with Crippen molar-refractivity contribution in [3.05, 3.63) is 16.4 Å². The molecule has 1 aromatic heterocycles. The Labute approximate surface area is 112 Å². The summed E-state index contributed by atoms with van der Waals surface area (Å²) in [4.78, 5) is 18.1. The Balaban J connectivity index is 2.84. The summed E-state index contributed by atoms with van der Waals surface area (Å²) in [5, 5.41) is 11.1. The van der Waals surface area contributed by atoms with Crippen LogP contribution in [0.5, 0.6) is 11.8 Å². The molecule has 0 atom stereocenters. The fraction of sp³-hybridized carbons (Fsp3) is 0.667. The second kappa shape index (κ2) is 8.23. The molecule has 7 heteroatoms. The van der Waals surface area contributed by atoms with Gasteiger partial charge in [0.25, 0.3) is 0 Å². The average Bonchev–Trinajstić information content (AvgIpc) is 2.39. The maximum absolute atomic E-state index is 11.1. The lowest BCUT2D eigenvalue weighted by Crippen LogP contribution is -2.07. The van der Waals surface area contributed by atoms with Gasteiger partial charge >= 0.3 is 17.4 Å². The Morgan fingerprint density at radius 2 is 1.58 bits per heavy atom. The van der Waals surface area contributed by atoms with E-state index in [1.54, 1.807) is 0 Å². The van der Waals surface area contributed by atoms with E-state index in [2.05, 4.69) is 9.97 Å². The topological polar surface area (TPSA) is 87.4 Å². The monoisotopic (exact) mass is 269 g/mol. The van der Waals surface area contributed by atoms with Crippen LogP contribution in [0.4, 0.5) is 5.69 Å². The van der Waals surface area contributed by atoms with Gasteiger partial charge in [0.1, 0.15) is 6.33 Å². The van der Waals surface area contributed by atoms with Gasteiger partial charge in [0.15, 0.2) is 0 Å². The van der Waals surface area contributed by atoms with Crippen molar-refractivity contribution in [1.82, 2.24) is 9.97 Å². The van der Waals surface area contributed by atoms with Gasteiger partial charge in [-0.3, -0.25) is 10.1 Å². The van der Waals surface area contributed by atoms with Crippen LogP contribution in [0.1, 0.15) is 39.5 Å². The van der Waals surface area contributed by atoms with Gasteiger partial charge < -0.3 is 9.47 Å². The molecular formula is C12H19N3O4. The zero-order chi connectivity index (χ0) is 14.1. The summed E-state index contributed by atoms with van der Waals surface area (Å²) in [6.45, 7) is 4.81. The van der Waals surface area contributed by atoms with E-state index in [1.807, 2.05) is 13.8 Å². The zero-order valence-corrected chi connectivity index (χ0v) is 11.3. The molecule has 0 saturated carbocycles. The SMILES string of the molecule is CCCCOc1ncnc(OCCCC)c1[N+](=O)[O-]. The van der Waals surface area contributed by atoms with Crippen molar-refractivity contribution < 1.29 is 14.4 Å². The maximum atomic E-state index is 11.1. The Bertz CT molecular complexity index is 384. The first-order chi connectivity index (χ1) is 9.20. The molecule has 0 bridgehead atoms. The van der Waals surface area contributed by atoms with Crippen LogP contribution in [-0.2, 0) is 0 Å². The number of unbranched alkanes of at least 4 members (excludes halogenated alkanes) is 2. The first-order valence-corrected chi connectivity index (χ1v) is 6.45. The summed E-state index contributed by atoms with van der Waals surface area (Å²) in [7, 11) is 0. The molecule has 0 aliphatic rings. The summed E-state index contributed by atoms with van der Waals surface area (Å²) in [5.41, 5.74) is -0.297. The number of hydrogen-bond donors (Lipinski definition) is 0. The number of nitro groups is 1. The highest BCUT2D eigenvalue weighted by Gasteiger charge is 2.25. The van der Waals surface area contributed by atoms with Crippen molar-refractivity contribution >= 4 is 5.69 Å². The molecule has 0 aliphatic carbocycles. The van der Waals surface area contributed by atoms with Crippen molar-refractivity contribution in [3.63, 3.8) is 0 Å². The third-order valence-electron chi connectivity index (χ3n) is 2.41. The van der Waals surface area contributed by atoms with Gasteiger partial charge in [0.05, 0.1) is 18.1 Å². The number of ether oxygens (including phenoxy) is 2. The van der Waals surface area contributed by atoms with Crippen LogP contribution in [0.25, 0.3) is 0 Å². The molecule has 1 aromatic rings. The van der Waals surface area contributed by atoms with Crippen LogP contribution < -0.4 is 9.47 Å². The molecule has 0 radical (unpaired) electrons. The molecule has 19 heavy (non-hydrogen) atoms. The van der Waals surface area contributed by atoms with Crippen molar-refractivity contribution in [2.24, 2.45) is 0 Å². The van der Waals surface area contributed by atoms with Gasteiger partial charge in [-0.2, -0.15) is 9.97 Å². The molecule has 0 spiro atoms.